The zero-order valence-electron chi connectivity index (χ0n) is 9.72. The number of nitrogens with zero attached hydrogens (tertiary/aromatic N) is 4. The predicted octanol–water partition coefficient (Wildman–Crippen LogP) is 1.32. The Balaban J connectivity index is 1.71. The van der Waals surface area contributed by atoms with Gasteiger partial charge in [0.05, 0.1) is 6.54 Å². The Kier molecular flexibility index (Phi) is 4.59. The highest BCUT2D eigenvalue weighted by molar-refractivity contribution is 7.99. The van der Waals surface area contributed by atoms with Gasteiger partial charge < -0.3 is 5.32 Å². The maximum absolute atomic E-state index is 4.04. The van der Waals surface area contributed by atoms with E-state index >= 15 is 0 Å². The van der Waals surface area contributed by atoms with Crippen LogP contribution in [0.5, 0.6) is 0 Å². The van der Waals surface area contributed by atoms with Gasteiger partial charge in [-0.2, -0.15) is 0 Å². The normalized spacial score (nSPS) is 15.6. The fourth-order valence-corrected chi connectivity index (χ4v) is 2.40. The quantitative estimate of drug-likeness (QED) is 0.549. The molecule has 1 fully saturated rings. The van der Waals surface area contributed by atoms with Crippen molar-refractivity contribution in [2.45, 2.75) is 50.4 Å². The van der Waals surface area contributed by atoms with Crippen molar-refractivity contribution in [2.24, 2.45) is 0 Å². The number of rotatable bonds is 8. The third kappa shape index (κ3) is 3.75. The van der Waals surface area contributed by atoms with Gasteiger partial charge in [-0.15, -0.1) is 5.10 Å². The molecule has 1 N–H and O–H groups in total. The molecule has 0 amide bonds. The summed E-state index contributed by atoms with van der Waals surface area (Å²) in [6.07, 6.45) is 5.09. The first kappa shape index (κ1) is 11.9. The van der Waals surface area contributed by atoms with Crippen LogP contribution in [0, 0.1) is 0 Å². The van der Waals surface area contributed by atoms with E-state index in [-0.39, 0.29) is 0 Å². The Bertz CT molecular complexity index is 310. The van der Waals surface area contributed by atoms with E-state index in [1.165, 1.54) is 25.7 Å². The number of hydrogen-bond donors (Lipinski definition) is 1. The van der Waals surface area contributed by atoms with Gasteiger partial charge in [-0.25, -0.2) is 4.68 Å². The van der Waals surface area contributed by atoms with Crippen molar-refractivity contribution in [1.29, 1.82) is 0 Å². The summed E-state index contributed by atoms with van der Waals surface area (Å²) >= 11 is 1.75. The molecule has 0 unspecified atom stereocenters. The smallest absolute Gasteiger partial charge is 0.209 e. The van der Waals surface area contributed by atoms with Gasteiger partial charge in [-0.05, 0) is 29.7 Å². The highest BCUT2D eigenvalue weighted by atomic mass is 32.2. The van der Waals surface area contributed by atoms with E-state index < -0.39 is 0 Å². The first-order chi connectivity index (χ1) is 7.90. The van der Waals surface area contributed by atoms with Gasteiger partial charge in [0.1, 0.15) is 0 Å². The summed E-state index contributed by atoms with van der Waals surface area (Å²) in [6, 6.07) is 0.757. The standard InChI is InChI=1S/C10H19N5S/c1-2-3-8-16-10-12-13-14-15(10)7-6-11-9-4-5-9/h9,11H,2-8H2,1H3. The Morgan fingerprint density at radius 2 is 2.38 bits per heavy atom. The van der Waals surface area contributed by atoms with Gasteiger partial charge in [-0.1, -0.05) is 25.1 Å². The number of hydrogen-bond acceptors (Lipinski definition) is 5. The van der Waals surface area contributed by atoms with Gasteiger partial charge in [-0.3, -0.25) is 0 Å². The van der Waals surface area contributed by atoms with E-state index in [4.69, 9.17) is 0 Å². The maximum atomic E-state index is 4.04. The molecular formula is C10H19N5S. The molecule has 90 valence electrons. The number of nitrogens with one attached hydrogen (secondary N) is 1. The molecule has 0 saturated heterocycles. The average Bonchev–Trinajstić information content (AvgIpc) is 3.00. The minimum absolute atomic E-state index is 0.757. The second-order valence-electron chi connectivity index (χ2n) is 4.12. The van der Waals surface area contributed by atoms with Crippen LogP contribution in [-0.4, -0.2) is 38.5 Å². The van der Waals surface area contributed by atoms with Gasteiger partial charge >= 0.3 is 0 Å². The molecule has 0 bridgehead atoms. The molecule has 16 heavy (non-hydrogen) atoms. The van der Waals surface area contributed by atoms with Crippen molar-refractivity contribution in [1.82, 2.24) is 25.5 Å². The van der Waals surface area contributed by atoms with E-state index in [9.17, 15) is 0 Å². The average molecular weight is 241 g/mol. The highest BCUT2D eigenvalue weighted by Crippen LogP contribution is 2.18. The molecule has 1 aromatic heterocycles. The number of thioether (sulfide) groups is 1. The van der Waals surface area contributed by atoms with Crippen LogP contribution in [-0.2, 0) is 6.54 Å². The van der Waals surface area contributed by atoms with Crippen molar-refractivity contribution in [3.8, 4) is 0 Å². The molecule has 1 aliphatic rings. The Labute approximate surface area is 100 Å². The second-order valence-corrected chi connectivity index (χ2v) is 5.18. The molecule has 1 aromatic rings. The van der Waals surface area contributed by atoms with Crippen LogP contribution in [0.4, 0.5) is 0 Å². The highest BCUT2D eigenvalue weighted by Gasteiger charge is 2.19. The zero-order valence-corrected chi connectivity index (χ0v) is 10.5. The molecule has 2 rings (SSSR count). The van der Waals surface area contributed by atoms with Crippen molar-refractivity contribution < 1.29 is 0 Å². The second kappa shape index (κ2) is 6.20. The lowest BCUT2D eigenvalue weighted by Gasteiger charge is -2.04. The van der Waals surface area contributed by atoms with Gasteiger partial charge in [0.15, 0.2) is 0 Å². The summed E-state index contributed by atoms with van der Waals surface area (Å²) in [7, 11) is 0. The molecule has 1 heterocycles. The van der Waals surface area contributed by atoms with Crippen molar-refractivity contribution in [2.75, 3.05) is 12.3 Å². The lowest BCUT2D eigenvalue weighted by molar-refractivity contribution is 0.509. The van der Waals surface area contributed by atoms with Crippen LogP contribution < -0.4 is 5.32 Å². The monoisotopic (exact) mass is 241 g/mol. The SMILES string of the molecule is CCCCSc1nnnn1CCNC1CC1. The maximum Gasteiger partial charge on any atom is 0.209 e. The van der Waals surface area contributed by atoms with E-state index in [0.717, 1.165) is 30.0 Å². The third-order valence-electron chi connectivity index (χ3n) is 2.56. The lowest BCUT2D eigenvalue weighted by Crippen LogP contribution is -2.22. The van der Waals surface area contributed by atoms with Crippen LogP contribution in [0.1, 0.15) is 32.6 Å². The molecule has 5 nitrogen and oxygen atoms in total. The fourth-order valence-electron chi connectivity index (χ4n) is 1.41. The molecule has 1 aliphatic carbocycles. The predicted molar refractivity (Wildman–Crippen MR) is 64.5 cm³/mol. The molecule has 0 radical (unpaired) electrons. The van der Waals surface area contributed by atoms with Crippen LogP contribution >= 0.6 is 11.8 Å². The first-order valence-electron chi connectivity index (χ1n) is 6.02. The molecular weight excluding hydrogens is 222 g/mol. The van der Waals surface area contributed by atoms with Crippen LogP contribution in [0.25, 0.3) is 0 Å². The fraction of sp³-hybridized carbons (Fsp3) is 0.900. The largest absolute Gasteiger partial charge is 0.312 e. The molecule has 0 atom stereocenters. The van der Waals surface area contributed by atoms with Crippen molar-refractivity contribution in [3.05, 3.63) is 0 Å². The number of aromatic nitrogens is 4. The number of unbranched alkanes of at least 4 members (excludes halogenated alkanes) is 1. The van der Waals surface area contributed by atoms with Crippen LogP contribution in [0.15, 0.2) is 5.16 Å². The summed E-state index contributed by atoms with van der Waals surface area (Å²) in [5.74, 6) is 1.10. The first-order valence-corrected chi connectivity index (χ1v) is 7.01. The Morgan fingerprint density at radius 3 is 3.12 bits per heavy atom. The third-order valence-corrected chi connectivity index (χ3v) is 3.61. The molecule has 0 aliphatic heterocycles. The molecule has 0 aromatic carbocycles. The van der Waals surface area contributed by atoms with Gasteiger partial charge in [0.25, 0.3) is 0 Å². The van der Waals surface area contributed by atoms with Gasteiger partial charge in [0.2, 0.25) is 5.16 Å². The van der Waals surface area contributed by atoms with Crippen molar-refractivity contribution in [3.63, 3.8) is 0 Å². The minimum atomic E-state index is 0.757. The Morgan fingerprint density at radius 1 is 1.50 bits per heavy atom. The van der Waals surface area contributed by atoms with Crippen molar-refractivity contribution >= 4 is 11.8 Å². The summed E-state index contributed by atoms with van der Waals surface area (Å²) in [6.45, 7) is 4.04. The van der Waals surface area contributed by atoms with Gasteiger partial charge in [0, 0.05) is 18.3 Å². The molecule has 6 heteroatoms. The zero-order chi connectivity index (χ0) is 11.2. The molecule has 0 spiro atoms. The van der Waals surface area contributed by atoms with Crippen LogP contribution in [0.3, 0.4) is 0 Å². The van der Waals surface area contributed by atoms with Crippen LogP contribution in [0.2, 0.25) is 0 Å². The number of tetrazole rings is 1. The summed E-state index contributed by atoms with van der Waals surface area (Å²) in [5, 5.41) is 16.2. The van der Waals surface area contributed by atoms with E-state index in [0.29, 0.717) is 0 Å². The summed E-state index contributed by atoms with van der Waals surface area (Å²) in [4.78, 5) is 0. The summed E-state index contributed by atoms with van der Waals surface area (Å²) < 4.78 is 1.90. The summed E-state index contributed by atoms with van der Waals surface area (Å²) in [5.41, 5.74) is 0. The van der Waals surface area contributed by atoms with E-state index in [1.54, 1.807) is 11.8 Å². The Hall–Kier alpha value is -0.620. The lowest BCUT2D eigenvalue weighted by atomic mass is 10.4. The minimum Gasteiger partial charge on any atom is -0.312 e. The molecule has 1 saturated carbocycles. The topological polar surface area (TPSA) is 55.6 Å². The van der Waals surface area contributed by atoms with E-state index in [1.807, 2.05) is 4.68 Å². The van der Waals surface area contributed by atoms with E-state index in [2.05, 4.69) is 27.8 Å².